The number of carbonyl (C=O) groups excluding carboxylic acids is 1. The first-order valence-electron chi connectivity index (χ1n) is 7.56. The van der Waals surface area contributed by atoms with Crippen LogP contribution in [-0.2, 0) is 4.74 Å². The topological polar surface area (TPSA) is 84.9 Å². The van der Waals surface area contributed by atoms with E-state index in [2.05, 4.69) is 5.32 Å². The van der Waals surface area contributed by atoms with Crippen molar-refractivity contribution in [2.45, 2.75) is 6.92 Å². The minimum atomic E-state index is -1.14. The Morgan fingerprint density at radius 3 is 2.50 bits per heavy atom. The summed E-state index contributed by atoms with van der Waals surface area (Å²) in [5.41, 5.74) is 0.584. The first-order chi connectivity index (χ1) is 11.6. The Balaban J connectivity index is 2.06. The standard InChI is InChI=1S/C18H19NO5/c1-2-23-10-11-24-14-7-5-6-13(12-14)19-17(20)15-8-3-4-9-16(15)18(21)22/h3-9,12H,2,10-11H2,1H3,(H,19,20)(H,21,22). The van der Waals surface area contributed by atoms with E-state index in [1.807, 2.05) is 6.92 Å². The fourth-order valence-corrected chi connectivity index (χ4v) is 2.09. The summed E-state index contributed by atoms with van der Waals surface area (Å²) in [6.45, 7) is 3.43. The van der Waals surface area contributed by atoms with Crippen LogP contribution in [0.25, 0.3) is 0 Å². The van der Waals surface area contributed by atoms with Crippen LogP contribution >= 0.6 is 0 Å². The fourth-order valence-electron chi connectivity index (χ4n) is 2.09. The molecule has 0 aromatic heterocycles. The average molecular weight is 329 g/mol. The summed E-state index contributed by atoms with van der Waals surface area (Å²) in [5, 5.41) is 11.8. The third-order valence-electron chi connectivity index (χ3n) is 3.19. The zero-order valence-electron chi connectivity index (χ0n) is 13.3. The Bertz CT molecular complexity index is 714. The predicted octanol–water partition coefficient (Wildman–Crippen LogP) is 3.05. The van der Waals surface area contributed by atoms with E-state index in [1.54, 1.807) is 36.4 Å². The molecule has 0 saturated carbocycles. The first-order valence-corrected chi connectivity index (χ1v) is 7.56. The van der Waals surface area contributed by atoms with Gasteiger partial charge in [0.2, 0.25) is 0 Å². The summed E-state index contributed by atoms with van der Waals surface area (Å²) in [4.78, 5) is 23.5. The SMILES string of the molecule is CCOCCOc1cccc(NC(=O)c2ccccc2C(=O)O)c1. The van der Waals surface area contributed by atoms with Gasteiger partial charge in [0.25, 0.3) is 5.91 Å². The zero-order valence-corrected chi connectivity index (χ0v) is 13.3. The molecule has 0 aliphatic heterocycles. The van der Waals surface area contributed by atoms with Crippen molar-refractivity contribution in [3.8, 4) is 5.75 Å². The summed E-state index contributed by atoms with van der Waals surface area (Å²) < 4.78 is 10.7. The number of ether oxygens (including phenoxy) is 2. The van der Waals surface area contributed by atoms with Gasteiger partial charge in [-0.3, -0.25) is 4.79 Å². The van der Waals surface area contributed by atoms with E-state index in [-0.39, 0.29) is 11.1 Å². The molecule has 0 spiro atoms. The van der Waals surface area contributed by atoms with Gasteiger partial charge in [-0.25, -0.2) is 4.79 Å². The smallest absolute Gasteiger partial charge is 0.336 e. The van der Waals surface area contributed by atoms with Crippen LogP contribution in [0.2, 0.25) is 0 Å². The van der Waals surface area contributed by atoms with Crippen molar-refractivity contribution in [2.75, 3.05) is 25.1 Å². The molecule has 6 heteroatoms. The van der Waals surface area contributed by atoms with E-state index in [9.17, 15) is 9.59 Å². The lowest BCUT2D eigenvalue weighted by atomic mass is 10.1. The number of aromatic carboxylic acids is 1. The fraction of sp³-hybridized carbons (Fsp3) is 0.222. The number of carboxylic acids is 1. The van der Waals surface area contributed by atoms with Crippen LogP contribution in [0.15, 0.2) is 48.5 Å². The number of anilines is 1. The van der Waals surface area contributed by atoms with Crippen LogP contribution in [0.1, 0.15) is 27.6 Å². The molecule has 24 heavy (non-hydrogen) atoms. The molecule has 1 amide bonds. The largest absolute Gasteiger partial charge is 0.491 e. The van der Waals surface area contributed by atoms with E-state index in [0.29, 0.717) is 31.3 Å². The highest BCUT2D eigenvalue weighted by Crippen LogP contribution is 2.19. The molecule has 0 bridgehead atoms. The van der Waals surface area contributed by atoms with E-state index in [4.69, 9.17) is 14.6 Å². The summed E-state index contributed by atoms with van der Waals surface area (Å²) in [7, 11) is 0. The van der Waals surface area contributed by atoms with Crippen LogP contribution < -0.4 is 10.1 Å². The molecular weight excluding hydrogens is 310 g/mol. The monoisotopic (exact) mass is 329 g/mol. The first kappa shape index (κ1) is 17.5. The Hall–Kier alpha value is -2.86. The Labute approximate surface area is 140 Å². The van der Waals surface area contributed by atoms with E-state index in [1.165, 1.54) is 12.1 Å². The van der Waals surface area contributed by atoms with Gasteiger partial charge >= 0.3 is 5.97 Å². The molecule has 126 valence electrons. The molecule has 2 rings (SSSR count). The van der Waals surface area contributed by atoms with Crippen molar-refractivity contribution in [1.29, 1.82) is 0 Å². The van der Waals surface area contributed by atoms with Crippen molar-refractivity contribution in [3.05, 3.63) is 59.7 Å². The Morgan fingerprint density at radius 1 is 1.04 bits per heavy atom. The minimum absolute atomic E-state index is 0.0425. The average Bonchev–Trinajstić information content (AvgIpc) is 2.59. The highest BCUT2D eigenvalue weighted by atomic mass is 16.5. The number of carbonyl (C=O) groups is 2. The second-order valence-corrected chi connectivity index (χ2v) is 4.88. The van der Waals surface area contributed by atoms with Crippen LogP contribution in [0, 0.1) is 0 Å². The highest BCUT2D eigenvalue weighted by molar-refractivity contribution is 6.10. The molecule has 2 aromatic carbocycles. The molecule has 0 unspecified atom stereocenters. The van der Waals surface area contributed by atoms with E-state index < -0.39 is 11.9 Å². The number of nitrogens with one attached hydrogen (secondary N) is 1. The van der Waals surface area contributed by atoms with Crippen LogP contribution in [-0.4, -0.2) is 36.8 Å². The summed E-state index contributed by atoms with van der Waals surface area (Å²) in [5.74, 6) is -1.03. The van der Waals surface area contributed by atoms with Crippen LogP contribution in [0.3, 0.4) is 0 Å². The Kier molecular flexibility index (Phi) is 6.33. The van der Waals surface area contributed by atoms with Gasteiger partial charge in [0.05, 0.1) is 17.7 Å². The van der Waals surface area contributed by atoms with Crippen molar-refractivity contribution < 1.29 is 24.2 Å². The van der Waals surface area contributed by atoms with E-state index in [0.717, 1.165) is 0 Å². The maximum Gasteiger partial charge on any atom is 0.336 e. The number of hydrogen-bond donors (Lipinski definition) is 2. The summed E-state index contributed by atoms with van der Waals surface area (Å²) >= 11 is 0. The lowest BCUT2D eigenvalue weighted by Crippen LogP contribution is -2.16. The number of amides is 1. The summed E-state index contributed by atoms with van der Waals surface area (Å²) in [6, 6.07) is 13.0. The van der Waals surface area contributed by atoms with Gasteiger partial charge < -0.3 is 19.9 Å². The number of benzene rings is 2. The molecule has 0 heterocycles. The zero-order chi connectivity index (χ0) is 17.4. The minimum Gasteiger partial charge on any atom is -0.491 e. The van der Waals surface area contributed by atoms with Crippen LogP contribution in [0.4, 0.5) is 5.69 Å². The molecule has 0 radical (unpaired) electrons. The second-order valence-electron chi connectivity index (χ2n) is 4.88. The van der Waals surface area contributed by atoms with Crippen molar-refractivity contribution in [3.63, 3.8) is 0 Å². The van der Waals surface area contributed by atoms with Gasteiger partial charge in [-0.05, 0) is 31.2 Å². The molecule has 0 atom stereocenters. The van der Waals surface area contributed by atoms with Crippen molar-refractivity contribution >= 4 is 17.6 Å². The van der Waals surface area contributed by atoms with Gasteiger partial charge in [0, 0.05) is 18.4 Å². The third kappa shape index (κ3) is 4.82. The highest BCUT2D eigenvalue weighted by Gasteiger charge is 2.15. The molecule has 2 aromatic rings. The number of rotatable bonds is 8. The third-order valence-corrected chi connectivity index (χ3v) is 3.19. The maximum atomic E-state index is 12.3. The molecule has 2 N–H and O–H groups in total. The van der Waals surface area contributed by atoms with Crippen molar-refractivity contribution in [2.24, 2.45) is 0 Å². The van der Waals surface area contributed by atoms with Gasteiger partial charge in [-0.1, -0.05) is 18.2 Å². The van der Waals surface area contributed by atoms with E-state index >= 15 is 0 Å². The quantitative estimate of drug-likeness (QED) is 0.727. The number of carboxylic acid groups (broad SMARTS) is 1. The maximum absolute atomic E-state index is 12.3. The lowest BCUT2D eigenvalue weighted by molar-refractivity contribution is 0.0692. The molecule has 0 saturated heterocycles. The molecular formula is C18H19NO5. The van der Waals surface area contributed by atoms with Gasteiger partial charge in [0.1, 0.15) is 12.4 Å². The molecule has 0 aliphatic rings. The number of hydrogen-bond acceptors (Lipinski definition) is 4. The molecule has 6 nitrogen and oxygen atoms in total. The second kappa shape index (κ2) is 8.69. The normalized spacial score (nSPS) is 10.2. The van der Waals surface area contributed by atoms with Gasteiger partial charge in [-0.2, -0.15) is 0 Å². The Morgan fingerprint density at radius 2 is 1.79 bits per heavy atom. The summed E-state index contributed by atoms with van der Waals surface area (Å²) in [6.07, 6.45) is 0. The lowest BCUT2D eigenvalue weighted by Gasteiger charge is -2.10. The van der Waals surface area contributed by atoms with Gasteiger partial charge in [0.15, 0.2) is 0 Å². The predicted molar refractivity (Wildman–Crippen MR) is 89.8 cm³/mol. The van der Waals surface area contributed by atoms with Crippen molar-refractivity contribution in [1.82, 2.24) is 0 Å². The molecule has 0 aliphatic carbocycles. The molecule has 0 fully saturated rings. The van der Waals surface area contributed by atoms with Crippen LogP contribution in [0.5, 0.6) is 5.75 Å². The van der Waals surface area contributed by atoms with Gasteiger partial charge in [-0.15, -0.1) is 0 Å².